The monoisotopic (exact) mass is 548 g/mol. The van der Waals surface area contributed by atoms with Crippen LogP contribution in [0.3, 0.4) is 0 Å². The van der Waals surface area contributed by atoms with Crippen LogP contribution in [0, 0.1) is 0 Å². The number of hydrogen-bond acceptors (Lipinski definition) is 2. The van der Waals surface area contributed by atoms with Crippen LogP contribution in [-0.2, 0) is 29.0 Å². The van der Waals surface area contributed by atoms with Crippen LogP contribution in [0.1, 0.15) is 62.3 Å². The summed E-state index contributed by atoms with van der Waals surface area (Å²) in [4.78, 5) is 28.9. The molecule has 3 rings (SSSR count). The first-order valence-corrected chi connectivity index (χ1v) is 13.5. The summed E-state index contributed by atoms with van der Waals surface area (Å²) in [5.41, 5.74) is 4.42. The van der Waals surface area contributed by atoms with E-state index in [2.05, 4.69) is 59.4 Å². The number of benzene rings is 3. The van der Waals surface area contributed by atoms with E-state index in [9.17, 15) is 9.59 Å². The van der Waals surface area contributed by atoms with Gasteiger partial charge in [-0.25, -0.2) is 0 Å². The molecule has 5 heteroatoms. The molecule has 0 spiro atoms. The zero-order chi connectivity index (χ0) is 26.1. The molecule has 0 aliphatic heterocycles. The fourth-order valence-electron chi connectivity index (χ4n) is 4.23. The molecular formula is C31H37BrN2O2. The molecule has 0 saturated carbocycles. The molecule has 0 unspecified atom stereocenters. The minimum Gasteiger partial charge on any atom is -0.352 e. The molecular weight excluding hydrogens is 512 g/mol. The Bertz CT molecular complexity index is 1130. The maximum absolute atomic E-state index is 13.7. The minimum absolute atomic E-state index is 0.0157. The van der Waals surface area contributed by atoms with Crippen LogP contribution >= 0.6 is 15.9 Å². The summed E-state index contributed by atoms with van der Waals surface area (Å²) < 4.78 is 0.948. The Labute approximate surface area is 224 Å². The van der Waals surface area contributed by atoms with Crippen molar-refractivity contribution < 1.29 is 9.59 Å². The van der Waals surface area contributed by atoms with Gasteiger partial charge in [-0.1, -0.05) is 96.5 Å². The van der Waals surface area contributed by atoms with Crippen molar-refractivity contribution in [3.05, 3.63) is 106 Å². The predicted molar refractivity (Wildman–Crippen MR) is 151 cm³/mol. The molecule has 190 valence electrons. The van der Waals surface area contributed by atoms with E-state index in [4.69, 9.17) is 0 Å². The molecule has 3 aromatic rings. The van der Waals surface area contributed by atoms with Crippen molar-refractivity contribution in [1.82, 2.24) is 10.2 Å². The van der Waals surface area contributed by atoms with Crippen LogP contribution in [0.15, 0.2) is 83.3 Å². The second-order valence-electron chi connectivity index (χ2n) is 9.92. The van der Waals surface area contributed by atoms with Gasteiger partial charge < -0.3 is 10.2 Å². The Hall–Kier alpha value is -2.92. The quantitative estimate of drug-likeness (QED) is 0.291. The van der Waals surface area contributed by atoms with E-state index in [0.29, 0.717) is 31.7 Å². The summed E-state index contributed by atoms with van der Waals surface area (Å²) in [6, 6.07) is 25.7. The number of carbonyl (C=O) groups excluding carboxylic acids is 2. The van der Waals surface area contributed by atoms with Gasteiger partial charge in [-0.2, -0.15) is 0 Å². The van der Waals surface area contributed by atoms with Crippen molar-refractivity contribution in [3.8, 4) is 0 Å². The fourth-order valence-corrected chi connectivity index (χ4v) is 4.68. The highest BCUT2D eigenvalue weighted by molar-refractivity contribution is 9.10. The highest BCUT2D eigenvalue weighted by atomic mass is 79.9. The lowest BCUT2D eigenvalue weighted by Gasteiger charge is -2.32. The number of aryl methyl sites for hydroxylation is 1. The molecule has 2 amide bonds. The molecule has 3 aromatic carbocycles. The molecule has 0 bridgehead atoms. The SMILES string of the molecule is CC(C)NC(=O)[C@@H](Cc1ccccc1)N(Cc1cccc(Br)c1)C(=O)CCc1ccc(C(C)C)cc1. The van der Waals surface area contributed by atoms with Crippen LogP contribution < -0.4 is 5.32 Å². The Morgan fingerprint density at radius 3 is 2.11 bits per heavy atom. The van der Waals surface area contributed by atoms with E-state index in [0.717, 1.165) is 21.2 Å². The topological polar surface area (TPSA) is 49.4 Å². The lowest BCUT2D eigenvalue weighted by molar-refractivity contribution is -0.141. The third-order valence-corrected chi connectivity index (χ3v) is 6.71. The van der Waals surface area contributed by atoms with Crippen molar-refractivity contribution in [2.45, 2.75) is 71.5 Å². The van der Waals surface area contributed by atoms with Crippen molar-refractivity contribution in [1.29, 1.82) is 0 Å². The average molecular weight is 550 g/mol. The van der Waals surface area contributed by atoms with E-state index in [1.165, 1.54) is 5.56 Å². The van der Waals surface area contributed by atoms with E-state index in [1.54, 1.807) is 4.90 Å². The highest BCUT2D eigenvalue weighted by Crippen LogP contribution is 2.20. The third kappa shape index (κ3) is 8.34. The maximum atomic E-state index is 13.7. The van der Waals surface area contributed by atoms with Crippen LogP contribution in [-0.4, -0.2) is 28.8 Å². The second-order valence-corrected chi connectivity index (χ2v) is 10.8. The summed E-state index contributed by atoms with van der Waals surface area (Å²) in [6.45, 7) is 8.60. The largest absolute Gasteiger partial charge is 0.352 e. The van der Waals surface area contributed by atoms with Crippen molar-refractivity contribution in [2.75, 3.05) is 0 Å². The Balaban J connectivity index is 1.88. The maximum Gasteiger partial charge on any atom is 0.243 e. The van der Waals surface area contributed by atoms with Gasteiger partial charge in [0.25, 0.3) is 0 Å². The first kappa shape index (κ1) is 27.7. The van der Waals surface area contributed by atoms with Crippen LogP contribution in [0.5, 0.6) is 0 Å². The Morgan fingerprint density at radius 2 is 1.50 bits per heavy atom. The zero-order valence-corrected chi connectivity index (χ0v) is 23.3. The van der Waals surface area contributed by atoms with Gasteiger partial charge in [-0.05, 0) is 60.6 Å². The first-order valence-electron chi connectivity index (χ1n) is 12.7. The minimum atomic E-state index is -0.607. The molecule has 1 N–H and O–H groups in total. The number of nitrogens with one attached hydrogen (secondary N) is 1. The number of rotatable bonds is 11. The Morgan fingerprint density at radius 1 is 0.833 bits per heavy atom. The van der Waals surface area contributed by atoms with Gasteiger partial charge in [-0.15, -0.1) is 0 Å². The van der Waals surface area contributed by atoms with Crippen LogP contribution in [0.2, 0.25) is 0 Å². The number of hydrogen-bond donors (Lipinski definition) is 1. The second kappa shape index (κ2) is 13.4. The molecule has 36 heavy (non-hydrogen) atoms. The zero-order valence-electron chi connectivity index (χ0n) is 21.7. The lowest BCUT2D eigenvalue weighted by atomic mass is 9.99. The van der Waals surface area contributed by atoms with E-state index in [1.807, 2.05) is 68.4 Å². The molecule has 0 aromatic heterocycles. The molecule has 0 heterocycles. The van der Waals surface area contributed by atoms with Crippen molar-refractivity contribution in [2.24, 2.45) is 0 Å². The summed E-state index contributed by atoms with van der Waals surface area (Å²) in [6.07, 6.45) is 1.44. The number of nitrogens with zero attached hydrogens (tertiary/aromatic N) is 1. The normalized spacial score (nSPS) is 12.0. The van der Waals surface area contributed by atoms with Gasteiger partial charge in [0, 0.05) is 29.9 Å². The number of amides is 2. The number of halogens is 1. The smallest absolute Gasteiger partial charge is 0.243 e. The van der Waals surface area contributed by atoms with Crippen LogP contribution in [0.25, 0.3) is 0 Å². The van der Waals surface area contributed by atoms with Gasteiger partial charge in [0.1, 0.15) is 6.04 Å². The fraction of sp³-hybridized carbons (Fsp3) is 0.355. The van der Waals surface area contributed by atoms with Gasteiger partial charge in [-0.3, -0.25) is 9.59 Å². The Kier molecular flexibility index (Phi) is 10.3. The van der Waals surface area contributed by atoms with Gasteiger partial charge in [0.05, 0.1) is 0 Å². The molecule has 1 atom stereocenters. The molecule has 0 aliphatic carbocycles. The molecule has 0 radical (unpaired) electrons. The summed E-state index contributed by atoms with van der Waals surface area (Å²) in [5.74, 6) is 0.320. The standard InChI is InChI=1S/C31H37BrN2O2/c1-22(2)27-16-13-24(14-17-27)15-18-30(35)34(21-26-11-8-12-28(32)19-26)29(31(36)33-23(3)4)20-25-9-6-5-7-10-25/h5-14,16-17,19,22-23,29H,15,18,20-21H2,1-4H3,(H,33,36)/t29-/m1/s1. The summed E-state index contributed by atoms with van der Waals surface area (Å²) in [7, 11) is 0. The molecule has 0 fully saturated rings. The molecule has 0 aliphatic rings. The summed E-state index contributed by atoms with van der Waals surface area (Å²) in [5, 5.41) is 3.04. The van der Waals surface area contributed by atoms with Crippen LogP contribution in [0.4, 0.5) is 0 Å². The van der Waals surface area contributed by atoms with Crippen molar-refractivity contribution in [3.63, 3.8) is 0 Å². The number of carbonyl (C=O) groups is 2. The summed E-state index contributed by atoms with van der Waals surface area (Å²) >= 11 is 3.54. The molecule has 4 nitrogen and oxygen atoms in total. The van der Waals surface area contributed by atoms with E-state index >= 15 is 0 Å². The van der Waals surface area contributed by atoms with Gasteiger partial charge >= 0.3 is 0 Å². The third-order valence-electron chi connectivity index (χ3n) is 6.22. The predicted octanol–water partition coefficient (Wildman–Crippen LogP) is 6.67. The van der Waals surface area contributed by atoms with Gasteiger partial charge in [0.2, 0.25) is 11.8 Å². The average Bonchev–Trinajstić information content (AvgIpc) is 2.85. The van der Waals surface area contributed by atoms with E-state index in [-0.39, 0.29) is 17.9 Å². The molecule has 0 saturated heterocycles. The van der Waals surface area contributed by atoms with E-state index < -0.39 is 6.04 Å². The lowest BCUT2D eigenvalue weighted by Crippen LogP contribution is -2.51. The first-order chi connectivity index (χ1) is 17.2. The van der Waals surface area contributed by atoms with Crippen molar-refractivity contribution >= 4 is 27.7 Å². The highest BCUT2D eigenvalue weighted by Gasteiger charge is 2.30. The van der Waals surface area contributed by atoms with Gasteiger partial charge in [0.15, 0.2) is 0 Å².